The quantitative estimate of drug-likeness (QED) is 0.152. The first-order chi connectivity index (χ1) is 29.2. The van der Waals surface area contributed by atoms with Gasteiger partial charge in [0.05, 0.1) is 22.2 Å². The molecule has 0 spiro atoms. The van der Waals surface area contributed by atoms with E-state index in [0.717, 1.165) is 72.3 Å². The maximum Gasteiger partial charge on any atom is 0.145 e. The molecule has 11 aromatic rings. The number of fused-ring (bicyclic) bond motifs is 4. The van der Waals surface area contributed by atoms with Crippen LogP contribution in [-0.2, 0) is 0 Å². The summed E-state index contributed by atoms with van der Waals surface area (Å²) in [5.74, 6) is 0.919. The topological polar surface area (TPSA) is 30.7 Å². The number of imidazole rings is 1. The zero-order chi connectivity index (χ0) is 39.1. The lowest BCUT2D eigenvalue weighted by Gasteiger charge is -2.16. The first kappa shape index (κ1) is 34.4. The van der Waals surface area contributed by atoms with Gasteiger partial charge < -0.3 is 0 Å². The number of pyridine rings is 1. The normalized spacial score (nSPS) is 11.4. The third-order valence-electron chi connectivity index (χ3n) is 11.4. The van der Waals surface area contributed by atoms with Crippen LogP contribution in [0.15, 0.2) is 224 Å². The second kappa shape index (κ2) is 14.6. The maximum absolute atomic E-state index is 5.46. The summed E-state index contributed by atoms with van der Waals surface area (Å²) in [6, 6.07) is 79.9. The minimum absolute atomic E-state index is 0.919. The molecule has 0 fully saturated rings. The zero-order valence-electron chi connectivity index (χ0n) is 32.2. The largest absolute Gasteiger partial charge is 0.292 e. The predicted octanol–water partition coefficient (Wildman–Crippen LogP) is 14.7. The Kier molecular flexibility index (Phi) is 8.49. The van der Waals surface area contributed by atoms with Gasteiger partial charge in [-0.25, -0.2) is 9.97 Å². The van der Waals surface area contributed by atoms with Crippen molar-refractivity contribution in [3.8, 4) is 72.8 Å². The molecule has 0 amide bonds. The van der Waals surface area contributed by atoms with Crippen LogP contribution in [0.1, 0.15) is 0 Å². The molecular formula is C56H37N3. The highest BCUT2D eigenvalue weighted by Crippen LogP contribution is 2.41. The lowest BCUT2D eigenvalue weighted by molar-refractivity contribution is 1.10. The van der Waals surface area contributed by atoms with Crippen molar-refractivity contribution in [2.24, 2.45) is 0 Å². The molecule has 0 bridgehead atoms. The van der Waals surface area contributed by atoms with E-state index in [1.165, 1.54) is 33.2 Å². The number of rotatable bonds is 7. The summed E-state index contributed by atoms with van der Waals surface area (Å²) in [6.07, 6.45) is 0. The highest BCUT2D eigenvalue weighted by molar-refractivity contribution is 6.16. The third kappa shape index (κ3) is 6.26. The van der Waals surface area contributed by atoms with E-state index in [1.54, 1.807) is 0 Å². The monoisotopic (exact) mass is 751 g/mol. The summed E-state index contributed by atoms with van der Waals surface area (Å²) in [4.78, 5) is 10.6. The molecule has 9 aromatic carbocycles. The number of para-hydroxylation sites is 3. The second-order valence-electron chi connectivity index (χ2n) is 15.0. The van der Waals surface area contributed by atoms with E-state index in [4.69, 9.17) is 9.97 Å². The summed E-state index contributed by atoms with van der Waals surface area (Å²) in [6.45, 7) is 0. The van der Waals surface area contributed by atoms with Gasteiger partial charge in [-0.15, -0.1) is 0 Å². The Bertz CT molecular complexity index is 3260. The summed E-state index contributed by atoms with van der Waals surface area (Å²) >= 11 is 0. The van der Waals surface area contributed by atoms with Crippen LogP contribution in [0.5, 0.6) is 0 Å². The zero-order valence-corrected chi connectivity index (χ0v) is 32.2. The van der Waals surface area contributed by atoms with Crippen LogP contribution in [-0.4, -0.2) is 14.5 Å². The molecule has 2 heterocycles. The van der Waals surface area contributed by atoms with Crippen LogP contribution in [0.3, 0.4) is 0 Å². The van der Waals surface area contributed by atoms with Crippen molar-refractivity contribution < 1.29 is 0 Å². The van der Waals surface area contributed by atoms with Crippen molar-refractivity contribution in [2.75, 3.05) is 0 Å². The predicted molar refractivity (Wildman–Crippen MR) is 246 cm³/mol. The van der Waals surface area contributed by atoms with E-state index in [-0.39, 0.29) is 0 Å². The van der Waals surface area contributed by atoms with Gasteiger partial charge >= 0.3 is 0 Å². The molecule has 0 saturated heterocycles. The molecule has 3 nitrogen and oxygen atoms in total. The number of nitrogens with zero attached hydrogens (tertiary/aromatic N) is 3. The minimum Gasteiger partial charge on any atom is -0.292 e. The van der Waals surface area contributed by atoms with Gasteiger partial charge in [0.2, 0.25) is 0 Å². The van der Waals surface area contributed by atoms with Crippen molar-refractivity contribution in [1.29, 1.82) is 0 Å². The fraction of sp³-hybridized carbons (Fsp3) is 0. The molecule has 11 rings (SSSR count). The van der Waals surface area contributed by atoms with Gasteiger partial charge in [0.15, 0.2) is 0 Å². The van der Waals surface area contributed by atoms with E-state index in [2.05, 4.69) is 223 Å². The molecule has 0 N–H and O–H groups in total. The van der Waals surface area contributed by atoms with E-state index in [0.29, 0.717) is 0 Å². The van der Waals surface area contributed by atoms with Crippen LogP contribution >= 0.6 is 0 Å². The standard InChI is InChI=1S/C56H37N3/c1-4-14-38(15-5-1)40-24-28-43(29-25-40)50-37-53(44-32-26-41(27-33-44)39-16-6-2-7-17-39)57-55-48-21-11-10-20-47(48)49(36-51(50)55)42-30-34-45(35-31-42)56-58-52-22-12-13-23-54(52)59(56)46-18-8-3-9-19-46/h1-37H. The number of hydrogen-bond donors (Lipinski definition) is 0. The summed E-state index contributed by atoms with van der Waals surface area (Å²) < 4.78 is 2.25. The third-order valence-corrected chi connectivity index (χ3v) is 11.4. The maximum atomic E-state index is 5.46. The first-order valence-electron chi connectivity index (χ1n) is 20.1. The molecule has 0 aliphatic carbocycles. The Morgan fingerprint density at radius 3 is 1.39 bits per heavy atom. The lowest BCUT2D eigenvalue weighted by atomic mass is 9.90. The smallest absolute Gasteiger partial charge is 0.145 e. The van der Waals surface area contributed by atoms with Gasteiger partial charge in [-0.1, -0.05) is 188 Å². The Balaban J connectivity index is 1.07. The van der Waals surface area contributed by atoms with Crippen LogP contribution in [0.25, 0.3) is 106 Å². The first-order valence-corrected chi connectivity index (χ1v) is 20.1. The Hall–Kier alpha value is -7.88. The average Bonchev–Trinajstić information content (AvgIpc) is 3.72. The van der Waals surface area contributed by atoms with E-state index >= 15 is 0 Å². The summed E-state index contributed by atoms with van der Waals surface area (Å²) in [5.41, 5.74) is 16.6. The molecule has 2 aromatic heterocycles. The van der Waals surface area contributed by atoms with Crippen LogP contribution < -0.4 is 0 Å². The van der Waals surface area contributed by atoms with Crippen molar-refractivity contribution in [1.82, 2.24) is 14.5 Å². The highest BCUT2D eigenvalue weighted by atomic mass is 15.1. The number of aromatic nitrogens is 3. The Labute approximate surface area is 343 Å². The molecule has 0 aliphatic rings. The van der Waals surface area contributed by atoms with Gasteiger partial charge in [-0.3, -0.25) is 4.57 Å². The molecule has 0 aliphatic heterocycles. The van der Waals surface area contributed by atoms with Crippen molar-refractivity contribution in [3.63, 3.8) is 0 Å². The van der Waals surface area contributed by atoms with Crippen LogP contribution in [0, 0.1) is 0 Å². The van der Waals surface area contributed by atoms with Crippen molar-refractivity contribution in [2.45, 2.75) is 0 Å². The summed E-state index contributed by atoms with van der Waals surface area (Å²) in [7, 11) is 0. The fourth-order valence-electron chi connectivity index (χ4n) is 8.47. The Morgan fingerprint density at radius 1 is 0.305 bits per heavy atom. The van der Waals surface area contributed by atoms with E-state index in [1.807, 2.05) is 6.07 Å². The number of benzene rings is 9. The molecule has 0 unspecified atom stereocenters. The average molecular weight is 752 g/mol. The van der Waals surface area contributed by atoms with Gasteiger partial charge in [0.25, 0.3) is 0 Å². The fourth-order valence-corrected chi connectivity index (χ4v) is 8.47. The van der Waals surface area contributed by atoms with Gasteiger partial charge in [0, 0.05) is 27.6 Å². The van der Waals surface area contributed by atoms with Gasteiger partial charge in [-0.05, 0) is 86.3 Å². The molecule has 0 saturated carbocycles. The molecule has 276 valence electrons. The van der Waals surface area contributed by atoms with Crippen LogP contribution in [0.2, 0.25) is 0 Å². The Morgan fingerprint density at radius 2 is 0.763 bits per heavy atom. The minimum atomic E-state index is 0.919. The molecule has 59 heavy (non-hydrogen) atoms. The van der Waals surface area contributed by atoms with E-state index in [9.17, 15) is 0 Å². The SMILES string of the molecule is c1ccc(-c2ccc(-c3cc(-c4ccc(-c5ccccc5)cc4)c4cc(-c5ccc(-c6nc7ccccc7n6-c6ccccc6)cc5)c5ccccc5c4n3)cc2)cc1. The van der Waals surface area contributed by atoms with Crippen molar-refractivity contribution in [3.05, 3.63) is 224 Å². The second-order valence-corrected chi connectivity index (χ2v) is 15.0. The highest BCUT2D eigenvalue weighted by Gasteiger charge is 2.18. The van der Waals surface area contributed by atoms with Crippen molar-refractivity contribution >= 4 is 32.7 Å². The van der Waals surface area contributed by atoms with Gasteiger partial charge in [-0.2, -0.15) is 0 Å². The summed E-state index contributed by atoms with van der Waals surface area (Å²) in [5, 5.41) is 3.41. The number of hydrogen-bond acceptors (Lipinski definition) is 2. The van der Waals surface area contributed by atoms with Gasteiger partial charge in [0.1, 0.15) is 5.82 Å². The molecule has 0 radical (unpaired) electrons. The lowest BCUT2D eigenvalue weighted by Crippen LogP contribution is -1.97. The molecule has 3 heteroatoms. The molecule has 0 atom stereocenters. The van der Waals surface area contributed by atoms with Crippen LogP contribution in [0.4, 0.5) is 0 Å². The van der Waals surface area contributed by atoms with E-state index < -0.39 is 0 Å². The molecular weight excluding hydrogens is 715 g/mol.